The molecule has 0 radical (unpaired) electrons. The molecule has 1 atom stereocenters. The van der Waals surface area contributed by atoms with Crippen LogP contribution in [0.5, 0.6) is 17.4 Å². The second-order valence-corrected chi connectivity index (χ2v) is 4.46. The molecule has 0 aliphatic carbocycles. The van der Waals surface area contributed by atoms with E-state index in [1.807, 2.05) is 13.0 Å². The van der Waals surface area contributed by atoms with Gasteiger partial charge in [-0.05, 0) is 36.2 Å². The molecule has 1 aromatic heterocycles. The van der Waals surface area contributed by atoms with E-state index in [2.05, 4.69) is 4.98 Å². The van der Waals surface area contributed by atoms with Crippen LogP contribution in [-0.2, 0) is 6.61 Å². The van der Waals surface area contributed by atoms with E-state index >= 15 is 0 Å². The monoisotopic (exact) mass is 274 g/mol. The predicted molar refractivity (Wildman–Crippen MR) is 75.8 cm³/mol. The number of aliphatic hydroxyl groups excluding tert-OH is 1. The Balaban J connectivity index is 2.27. The van der Waals surface area contributed by atoms with Gasteiger partial charge in [-0.1, -0.05) is 6.07 Å². The molecule has 2 aromatic rings. The standard InChI is InChI=1S/C15H18N2O3/c1-10(16)12-5-6-17-15(8-12)20-13-4-3-11(9-18)7-14(13)19-2/h3-8,10,18H,9,16H2,1-2H3. The van der Waals surface area contributed by atoms with Gasteiger partial charge >= 0.3 is 0 Å². The summed E-state index contributed by atoms with van der Waals surface area (Å²) in [5.41, 5.74) is 7.54. The molecule has 106 valence electrons. The Kier molecular flexibility index (Phi) is 4.55. The Bertz CT molecular complexity index is 585. The van der Waals surface area contributed by atoms with E-state index in [0.717, 1.165) is 11.1 Å². The largest absolute Gasteiger partial charge is 0.493 e. The van der Waals surface area contributed by atoms with Gasteiger partial charge in [-0.3, -0.25) is 0 Å². The van der Waals surface area contributed by atoms with Gasteiger partial charge in [-0.15, -0.1) is 0 Å². The quantitative estimate of drug-likeness (QED) is 0.875. The van der Waals surface area contributed by atoms with Gasteiger partial charge in [0.2, 0.25) is 5.88 Å². The highest BCUT2D eigenvalue weighted by Gasteiger charge is 2.09. The highest BCUT2D eigenvalue weighted by molar-refractivity contribution is 5.44. The normalized spacial score (nSPS) is 12.0. The molecule has 2 rings (SSSR count). The number of aliphatic hydroxyl groups is 1. The Morgan fingerprint density at radius 2 is 2.05 bits per heavy atom. The minimum atomic E-state index is -0.0842. The molecular formula is C15H18N2O3. The second kappa shape index (κ2) is 6.36. The Hall–Kier alpha value is -2.11. The van der Waals surface area contributed by atoms with E-state index in [1.165, 1.54) is 0 Å². The van der Waals surface area contributed by atoms with E-state index < -0.39 is 0 Å². The lowest BCUT2D eigenvalue weighted by molar-refractivity contribution is 0.280. The van der Waals surface area contributed by atoms with Crippen molar-refractivity contribution in [3.05, 3.63) is 47.7 Å². The molecule has 0 amide bonds. The molecule has 0 saturated carbocycles. The molecule has 0 aliphatic rings. The summed E-state index contributed by atoms with van der Waals surface area (Å²) in [7, 11) is 1.55. The summed E-state index contributed by atoms with van der Waals surface area (Å²) < 4.78 is 11.0. The molecule has 20 heavy (non-hydrogen) atoms. The first-order valence-electron chi connectivity index (χ1n) is 6.31. The van der Waals surface area contributed by atoms with Gasteiger partial charge in [-0.25, -0.2) is 4.98 Å². The molecule has 1 heterocycles. The third-order valence-corrected chi connectivity index (χ3v) is 2.91. The van der Waals surface area contributed by atoms with Crippen molar-refractivity contribution in [3.8, 4) is 17.4 Å². The van der Waals surface area contributed by atoms with Crippen LogP contribution in [0, 0.1) is 0 Å². The first-order valence-corrected chi connectivity index (χ1v) is 6.31. The van der Waals surface area contributed by atoms with Gasteiger partial charge in [0.1, 0.15) is 0 Å². The number of hydrogen-bond donors (Lipinski definition) is 2. The van der Waals surface area contributed by atoms with Gasteiger partial charge in [0, 0.05) is 18.3 Å². The van der Waals surface area contributed by atoms with E-state index in [-0.39, 0.29) is 12.6 Å². The summed E-state index contributed by atoms with van der Waals surface area (Å²) >= 11 is 0. The maximum Gasteiger partial charge on any atom is 0.219 e. The SMILES string of the molecule is COc1cc(CO)ccc1Oc1cc(C(C)N)ccn1. The number of rotatable bonds is 5. The molecule has 1 unspecified atom stereocenters. The highest BCUT2D eigenvalue weighted by atomic mass is 16.5. The zero-order chi connectivity index (χ0) is 14.5. The summed E-state index contributed by atoms with van der Waals surface area (Å²) in [4.78, 5) is 4.15. The average molecular weight is 274 g/mol. The fourth-order valence-electron chi connectivity index (χ4n) is 1.77. The molecule has 5 nitrogen and oxygen atoms in total. The fraction of sp³-hybridized carbons (Fsp3) is 0.267. The summed E-state index contributed by atoms with van der Waals surface area (Å²) in [6, 6.07) is 8.80. The Morgan fingerprint density at radius 1 is 1.25 bits per heavy atom. The van der Waals surface area contributed by atoms with Crippen molar-refractivity contribution in [1.82, 2.24) is 4.98 Å². The van der Waals surface area contributed by atoms with Gasteiger partial charge in [0.25, 0.3) is 0 Å². The van der Waals surface area contributed by atoms with Crippen molar-refractivity contribution >= 4 is 0 Å². The van der Waals surface area contributed by atoms with Crippen molar-refractivity contribution in [2.75, 3.05) is 7.11 Å². The lowest BCUT2D eigenvalue weighted by Gasteiger charge is -2.12. The average Bonchev–Trinajstić information content (AvgIpc) is 2.48. The van der Waals surface area contributed by atoms with Crippen LogP contribution in [-0.4, -0.2) is 17.2 Å². The zero-order valence-corrected chi connectivity index (χ0v) is 11.5. The van der Waals surface area contributed by atoms with Crippen molar-refractivity contribution in [2.45, 2.75) is 19.6 Å². The number of nitrogens with zero attached hydrogens (tertiary/aromatic N) is 1. The fourth-order valence-corrected chi connectivity index (χ4v) is 1.77. The van der Waals surface area contributed by atoms with Gasteiger partial charge in [0.05, 0.1) is 13.7 Å². The molecule has 0 fully saturated rings. The third kappa shape index (κ3) is 3.26. The number of ether oxygens (including phenoxy) is 2. The van der Waals surface area contributed by atoms with Crippen LogP contribution in [0.2, 0.25) is 0 Å². The highest BCUT2D eigenvalue weighted by Crippen LogP contribution is 2.32. The van der Waals surface area contributed by atoms with Crippen LogP contribution >= 0.6 is 0 Å². The molecule has 0 aliphatic heterocycles. The van der Waals surface area contributed by atoms with Crippen LogP contribution in [0.4, 0.5) is 0 Å². The lowest BCUT2D eigenvalue weighted by Crippen LogP contribution is -2.05. The van der Waals surface area contributed by atoms with Gasteiger partial charge in [0.15, 0.2) is 11.5 Å². The van der Waals surface area contributed by atoms with Gasteiger partial charge < -0.3 is 20.3 Å². The topological polar surface area (TPSA) is 77.6 Å². The third-order valence-electron chi connectivity index (χ3n) is 2.91. The number of hydrogen-bond acceptors (Lipinski definition) is 5. The van der Waals surface area contributed by atoms with Crippen molar-refractivity contribution in [1.29, 1.82) is 0 Å². The minimum absolute atomic E-state index is 0.0466. The number of aromatic nitrogens is 1. The molecule has 3 N–H and O–H groups in total. The molecule has 0 spiro atoms. The van der Waals surface area contributed by atoms with Gasteiger partial charge in [-0.2, -0.15) is 0 Å². The van der Waals surface area contributed by atoms with E-state index in [9.17, 15) is 0 Å². The summed E-state index contributed by atoms with van der Waals surface area (Å²) in [6.45, 7) is 1.85. The van der Waals surface area contributed by atoms with Crippen LogP contribution < -0.4 is 15.2 Å². The lowest BCUT2D eigenvalue weighted by atomic mass is 10.1. The Labute approximate surface area is 118 Å². The first-order chi connectivity index (χ1) is 9.63. The van der Waals surface area contributed by atoms with Crippen molar-refractivity contribution < 1.29 is 14.6 Å². The molecular weight excluding hydrogens is 256 g/mol. The maximum absolute atomic E-state index is 9.11. The zero-order valence-electron chi connectivity index (χ0n) is 11.5. The van der Waals surface area contributed by atoms with Crippen molar-refractivity contribution in [3.63, 3.8) is 0 Å². The number of pyridine rings is 1. The van der Waals surface area contributed by atoms with Crippen LogP contribution in [0.25, 0.3) is 0 Å². The number of nitrogens with two attached hydrogens (primary N) is 1. The summed E-state index contributed by atoms with van der Waals surface area (Å²) in [6.07, 6.45) is 1.66. The number of methoxy groups -OCH3 is 1. The number of benzene rings is 1. The molecule has 0 bridgehead atoms. The van der Waals surface area contributed by atoms with Crippen molar-refractivity contribution in [2.24, 2.45) is 5.73 Å². The minimum Gasteiger partial charge on any atom is -0.493 e. The second-order valence-electron chi connectivity index (χ2n) is 4.46. The molecule has 5 heteroatoms. The van der Waals surface area contributed by atoms with Crippen LogP contribution in [0.1, 0.15) is 24.1 Å². The van der Waals surface area contributed by atoms with Crippen LogP contribution in [0.15, 0.2) is 36.5 Å². The maximum atomic E-state index is 9.11. The predicted octanol–water partition coefficient (Wildman–Crippen LogP) is 2.39. The van der Waals surface area contributed by atoms with E-state index in [1.54, 1.807) is 37.6 Å². The smallest absolute Gasteiger partial charge is 0.219 e. The molecule has 1 aromatic carbocycles. The van der Waals surface area contributed by atoms with Crippen LogP contribution in [0.3, 0.4) is 0 Å². The van der Waals surface area contributed by atoms with E-state index in [4.69, 9.17) is 20.3 Å². The first kappa shape index (κ1) is 14.3. The summed E-state index contributed by atoms with van der Waals surface area (Å²) in [5.74, 6) is 1.54. The molecule has 0 saturated heterocycles. The Morgan fingerprint density at radius 3 is 2.70 bits per heavy atom. The van der Waals surface area contributed by atoms with E-state index in [0.29, 0.717) is 17.4 Å². The summed E-state index contributed by atoms with van der Waals surface area (Å²) in [5, 5.41) is 9.11.